The quantitative estimate of drug-likeness (QED) is 0.743. The van der Waals surface area contributed by atoms with Crippen molar-refractivity contribution >= 4 is 29.1 Å². The standard InChI is InChI=1S/C16H20ClF3N2O2/c1-3-4-5-8-21-15(24)10-22(11(2)23)12-6-7-14(17)13(9-12)16(18,19)20/h6-7,9H,3-5,8,10H2,1-2H3,(H,21,24). The fourth-order valence-corrected chi connectivity index (χ4v) is 2.31. The number of benzene rings is 1. The number of nitrogens with one attached hydrogen (secondary N) is 1. The molecule has 1 aromatic rings. The van der Waals surface area contributed by atoms with Gasteiger partial charge in [-0.25, -0.2) is 0 Å². The van der Waals surface area contributed by atoms with Crippen molar-refractivity contribution in [2.75, 3.05) is 18.0 Å². The van der Waals surface area contributed by atoms with E-state index in [-0.39, 0.29) is 12.2 Å². The van der Waals surface area contributed by atoms with Crippen LogP contribution in [0, 0.1) is 0 Å². The number of unbranched alkanes of at least 4 members (excludes halogenated alkanes) is 2. The molecule has 0 unspecified atom stereocenters. The average Bonchev–Trinajstić information content (AvgIpc) is 2.48. The van der Waals surface area contributed by atoms with Crippen LogP contribution in [0.3, 0.4) is 0 Å². The Labute approximate surface area is 144 Å². The van der Waals surface area contributed by atoms with Crippen LogP contribution in [-0.2, 0) is 15.8 Å². The highest BCUT2D eigenvalue weighted by Gasteiger charge is 2.34. The Morgan fingerprint density at radius 1 is 1.25 bits per heavy atom. The number of anilines is 1. The Morgan fingerprint density at radius 2 is 1.92 bits per heavy atom. The van der Waals surface area contributed by atoms with Crippen LogP contribution in [0.15, 0.2) is 18.2 Å². The predicted molar refractivity (Wildman–Crippen MR) is 87.0 cm³/mol. The van der Waals surface area contributed by atoms with Crippen LogP contribution in [0.4, 0.5) is 18.9 Å². The number of halogens is 4. The summed E-state index contributed by atoms with van der Waals surface area (Å²) in [5, 5.41) is 2.19. The number of alkyl halides is 3. The first-order chi connectivity index (χ1) is 11.2. The van der Waals surface area contributed by atoms with Gasteiger partial charge in [0.1, 0.15) is 6.54 Å². The van der Waals surface area contributed by atoms with Crippen molar-refractivity contribution in [2.24, 2.45) is 0 Å². The van der Waals surface area contributed by atoms with Crippen LogP contribution in [0.25, 0.3) is 0 Å². The van der Waals surface area contributed by atoms with Gasteiger partial charge in [0.05, 0.1) is 10.6 Å². The number of hydrogen-bond acceptors (Lipinski definition) is 2. The van der Waals surface area contributed by atoms with E-state index in [2.05, 4.69) is 5.32 Å². The average molecular weight is 365 g/mol. The third kappa shape index (κ3) is 6.03. The van der Waals surface area contributed by atoms with Crippen molar-refractivity contribution in [1.29, 1.82) is 0 Å². The number of carbonyl (C=O) groups is 2. The van der Waals surface area contributed by atoms with Gasteiger partial charge >= 0.3 is 6.18 Å². The molecule has 4 nitrogen and oxygen atoms in total. The van der Waals surface area contributed by atoms with Crippen LogP contribution in [0.2, 0.25) is 5.02 Å². The van der Waals surface area contributed by atoms with Gasteiger partial charge in [0.2, 0.25) is 11.8 Å². The molecule has 0 saturated carbocycles. The minimum Gasteiger partial charge on any atom is -0.355 e. The van der Waals surface area contributed by atoms with Gasteiger partial charge in [-0.05, 0) is 24.6 Å². The van der Waals surface area contributed by atoms with Gasteiger partial charge in [-0.2, -0.15) is 13.2 Å². The van der Waals surface area contributed by atoms with Gasteiger partial charge < -0.3 is 10.2 Å². The van der Waals surface area contributed by atoms with E-state index in [0.29, 0.717) is 6.54 Å². The van der Waals surface area contributed by atoms with E-state index in [0.717, 1.165) is 36.3 Å². The van der Waals surface area contributed by atoms with Gasteiger partial charge in [-0.3, -0.25) is 9.59 Å². The summed E-state index contributed by atoms with van der Waals surface area (Å²) in [6, 6.07) is 3.12. The molecule has 1 aromatic carbocycles. The maximum absolute atomic E-state index is 12.9. The van der Waals surface area contributed by atoms with Gasteiger partial charge in [0, 0.05) is 19.2 Å². The van der Waals surface area contributed by atoms with Gasteiger partial charge in [0.15, 0.2) is 0 Å². The van der Waals surface area contributed by atoms with Gasteiger partial charge in [0.25, 0.3) is 0 Å². The summed E-state index contributed by atoms with van der Waals surface area (Å²) in [7, 11) is 0. The number of rotatable bonds is 7. The summed E-state index contributed by atoms with van der Waals surface area (Å²) in [6.45, 7) is 3.33. The van der Waals surface area contributed by atoms with Crippen LogP contribution in [0.1, 0.15) is 38.7 Å². The molecule has 0 radical (unpaired) electrons. The van der Waals surface area contributed by atoms with Crippen molar-refractivity contribution in [3.8, 4) is 0 Å². The lowest BCUT2D eigenvalue weighted by molar-refractivity contribution is -0.137. The zero-order chi connectivity index (χ0) is 18.3. The largest absolute Gasteiger partial charge is 0.417 e. The SMILES string of the molecule is CCCCCNC(=O)CN(C(C)=O)c1ccc(Cl)c(C(F)(F)F)c1. The number of amides is 2. The van der Waals surface area contributed by atoms with Crippen molar-refractivity contribution in [3.63, 3.8) is 0 Å². The molecular formula is C16H20ClF3N2O2. The fraction of sp³-hybridized carbons (Fsp3) is 0.500. The molecule has 134 valence electrons. The molecule has 0 atom stereocenters. The highest BCUT2D eigenvalue weighted by atomic mass is 35.5. The Bertz CT molecular complexity index is 591. The minimum absolute atomic E-state index is 0.0251. The first kappa shape index (κ1) is 20.3. The molecule has 0 bridgehead atoms. The lowest BCUT2D eigenvalue weighted by Crippen LogP contribution is -2.40. The molecular weight excluding hydrogens is 345 g/mol. The summed E-state index contributed by atoms with van der Waals surface area (Å²) >= 11 is 5.57. The number of hydrogen-bond donors (Lipinski definition) is 1. The Hall–Kier alpha value is -1.76. The molecule has 24 heavy (non-hydrogen) atoms. The van der Waals surface area contributed by atoms with E-state index in [1.54, 1.807) is 0 Å². The molecule has 0 fully saturated rings. The van der Waals surface area contributed by atoms with Crippen LogP contribution >= 0.6 is 11.6 Å². The maximum Gasteiger partial charge on any atom is 0.417 e. The molecule has 2 amide bonds. The Balaban J connectivity index is 2.89. The van der Waals surface area contributed by atoms with E-state index in [1.807, 2.05) is 6.92 Å². The zero-order valence-corrected chi connectivity index (χ0v) is 14.3. The van der Waals surface area contributed by atoms with Gasteiger partial charge in [-0.15, -0.1) is 0 Å². The van der Waals surface area contributed by atoms with Crippen LogP contribution < -0.4 is 10.2 Å². The maximum atomic E-state index is 12.9. The monoisotopic (exact) mass is 364 g/mol. The number of carbonyl (C=O) groups excluding carboxylic acids is 2. The summed E-state index contributed by atoms with van der Waals surface area (Å²) in [5.74, 6) is -0.959. The van der Waals surface area contributed by atoms with E-state index in [9.17, 15) is 22.8 Å². The zero-order valence-electron chi connectivity index (χ0n) is 13.5. The molecule has 8 heteroatoms. The fourth-order valence-electron chi connectivity index (χ4n) is 2.09. The molecule has 0 heterocycles. The van der Waals surface area contributed by atoms with E-state index in [4.69, 9.17) is 11.6 Å². The summed E-state index contributed by atoms with van der Waals surface area (Å²) < 4.78 is 38.8. The minimum atomic E-state index is -4.64. The molecule has 0 aromatic heterocycles. The smallest absolute Gasteiger partial charge is 0.355 e. The molecule has 0 aliphatic rings. The molecule has 0 aliphatic carbocycles. The molecule has 0 spiro atoms. The van der Waals surface area contributed by atoms with E-state index in [1.165, 1.54) is 13.0 Å². The van der Waals surface area contributed by atoms with Crippen LogP contribution in [-0.4, -0.2) is 24.9 Å². The molecule has 0 aliphatic heterocycles. The number of nitrogens with zero attached hydrogens (tertiary/aromatic N) is 1. The second-order valence-corrected chi connectivity index (χ2v) is 5.73. The predicted octanol–water partition coefficient (Wildman–Crippen LogP) is 4.02. The Morgan fingerprint density at radius 3 is 2.46 bits per heavy atom. The van der Waals surface area contributed by atoms with Crippen molar-refractivity contribution in [3.05, 3.63) is 28.8 Å². The third-order valence-electron chi connectivity index (χ3n) is 3.35. The first-order valence-corrected chi connectivity index (χ1v) is 7.96. The topological polar surface area (TPSA) is 49.4 Å². The highest BCUT2D eigenvalue weighted by molar-refractivity contribution is 6.31. The molecule has 0 saturated heterocycles. The van der Waals surface area contributed by atoms with Crippen LogP contribution in [0.5, 0.6) is 0 Å². The lowest BCUT2D eigenvalue weighted by atomic mass is 10.1. The summed E-state index contributed by atoms with van der Waals surface area (Å²) in [6.07, 6.45) is -1.87. The first-order valence-electron chi connectivity index (χ1n) is 7.58. The second kappa shape index (κ2) is 8.92. The highest BCUT2D eigenvalue weighted by Crippen LogP contribution is 2.36. The summed E-state index contributed by atoms with van der Waals surface area (Å²) in [4.78, 5) is 24.6. The van der Waals surface area contributed by atoms with E-state index < -0.39 is 28.6 Å². The summed E-state index contributed by atoms with van der Waals surface area (Å²) in [5.41, 5.74) is -1.07. The lowest BCUT2D eigenvalue weighted by Gasteiger charge is -2.22. The Kier molecular flexibility index (Phi) is 7.54. The van der Waals surface area contributed by atoms with Gasteiger partial charge in [-0.1, -0.05) is 31.4 Å². The van der Waals surface area contributed by atoms with E-state index >= 15 is 0 Å². The normalized spacial score (nSPS) is 11.2. The molecule has 1 N–H and O–H groups in total. The second-order valence-electron chi connectivity index (χ2n) is 5.32. The molecule has 1 rings (SSSR count). The van der Waals surface area contributed by atoms with Crippen molar-refractivity contribution < 1.29 is 22.8 Å². The van der Waals surface area contributed by atoms with Crippen molar-refractivity contribution in [2.45, 2.75) is 39.3 Å². The third-order valence-corrected chi connectivity index (χ3v) is 3.68. The van der Waals surface area contributed by atoms with Crippen molar-refractivity contribution in [1.82, 2.24) is 5.32 Å².